The van der Waals surface area contributed by atoms with Crippen molar-refractivity contribution in [3.05, 3.63) is 18.1 Å². The third kappa shape index (κ3) is 5.98. The van der Waals surface area contributed by atoms with E-state index in [1.807, 2.05) is 13.8 Å². The zero-order valence-corrected chi connectivity index (χ0v) is 9.34. The van der Waals surface area contributed by atoms with Gasteiger partial charge in [0.2, 0.25) is 5.88 Å². The molecule has 0 fully saturated rings. The maximum Gasteiger partial charge on any atom is 0.216 e. The van der Waals surface area contributed by atoms with Crippen LogP contribution >= 0.6 is 0 Å². The van der Waals surface area contributed by atoms with Crippen LogP contribution in [0, 0.1) is 6.92 Å². The largest absolute Gasteiger partial charge is 0.475 e. The standard InChI is InChI=1S/C8H12N2O3.C2H6/c1-6-9-3-2-8(10-6)13-5-7(12)4-11;1-2/h2-3,7,11-12H,4-5H2,1H3;1-2H3. The molecule has 0 aliphatic heterocycles. The second-order valence-corrected chi connectivity index (χ2v) is 2.59. The van der Waals surface area contributed by atoms with Gasteiger partial charge in [-0.1, -0.05) is 13.8 Å². The molecule has 0 amide bonds. The Balaban J connectivity index is 0.000000921. The van der Waals surface area contributed by atoms with Crippen molar-refractivity contribution in [3.8, 4) is 5.88 Å². The van der Waals surface area contributed by atoms with Crippen molar-refractivity contribution in [2.24, 2.45) is 0 Å². The summed E-state index contributed by atoms with van der Waals surface area (Å²) in [5.74, 6) is 1.01. The number of nitrogens with zero attached hydrogens (tertiary/aromatic N) is 2. The zero-order valence-electron chi connectivity index (χ0n) is 9.34. The van der Waals surface area contributed by atoms with E-state index in [-0.39, 0.29) is 13.2 Å². The summed E-state index contributed by atoms with van der Waals surface area (Å²) in [6, 6.07) is 1.59. The van der Waals surface area contributed by atoms with Gasteiger partial charge < -0.3 is 14.9 Å². The van der Waals surface area contributed by atoms with Crippen LogP contribution in [0.25, 0.3) is 0 Å². The molecule has 1 atom stereocenters. The molecular weight excluding hydrogens is 196 g/mol. The molecule has 0 aliphatic rings. The van der Waals surface area contributed by atoms with Gasteiger partial charge in [0.1, 0.15) is 18.5 Å². The minimum atomic E-state index is -0.865. The minimum Gasteiger partial charge on any atom is -0.475 e. The van der Waals surface area contributed by atoms with E-state index in [1.165, 1.54) is 0 Å². The van der Waals surface area contributed by atoms with Gasteiger partial charge in [-0.25, -0.2) is 4.98 Å². The lowest BCUT2D eigenvalue weighted by Gasteiger charge is -2.08. The van der Waals surface area contributed by atoms with Crippen molar-refractivity contribution in [3.63, 3.8) is 0 Å². The van der Waals surface area contributed by atoms with Crippen LogP contribution in [0.5, 0.6) is 5.88 Å². The van der Waals surface area contributed by atoms with Crippen molar-refractivity contribution < 1.29 is 14.9 Å². The Hall–Kier alpha value is -1.20. The van der Waals surface area contributed by atoms with E-state index >= 15 is 0 Å². The fourth-order valence-electron chi connectivity index (χ4n) is 0.749. The smallest absolute Gasteiger partial charge is 0.216 e. The van der Waals surface area contributed by atoms with Crippen LogP contribution in [0.2, 0.25) is 0 Å². The third-order valence-electron chi connectivity index (χ3n) is 1.38. The van der Waals surface area contributed by atoms with E-state index < -0.39 is 6.10 Å². The molecule has 1 rings (SSSR count). The highest BCUT2D eigenvalue weighted by Crippen LogP contribution is 2.04. The van der Waals surface area contributed by atoms with Crippen LogP contribution in [0.1, 0.15) is 19.7 Å². The van der Waals surface area contributed by atoms with Crippen LogP contribution in [0.15, 0.2) is 12.3 Å². The SMILES string of the molecule is CC.Cc1nccc(OCC(O)CO)n1. The third-order valence-corrected chi connectivity index (χ3v) is 1.38. The number of hydrogen-bond donors (Lipinski definition) is 2. The molecule has 1 heterocycles. The number of hydrogen-bond acceptors (Lipinski definition) is 5. The number of aliphatic hydroxyl groups is 2. The van der Waals surface area contributed by atoms with Crippen LogP contribution in [0.4, 0.5) is 0 Å². The molecule has 1 aromatic heterocycles. The molecule has 0 bridgehead atoms. The molecule has 5 nitrogen and oxygen atoms in total. The fourth-order valence-corrected chi connectivity index (χ4v) is 0.749. The van der Waals surface area contributed by atoms with Crippen molar-refractivity contribution in [2.45, 2.75) is 26.9 Å². The van der Waals surface area contributed by atoms with Crippen molar-refractivity contribution in [2.75, 3.05) is 13.2 Å². The van der Waals surface area contributed by atoms with E-state index in [1.54, 1.807) is 19.2 Å². The van der Waals surface area contributed by atoms with Gasteiger partial charge >= 0.3 is 0 Å². The second kappa shape index (κ2) is 8.14. The summed E-state index contributed by atoms with van der Waals surface area (Å²) in [5.41, 5.74) is 0. The van der Waals surface area contributed by atoms with E-state index in [9.17, 15) is 0 Å². The lowest BCUT2D eigenvalue weighted by molar-refractivity contribution is 0.0520. The monoisotopic (exact) mass is 214 g/mol. The number of ether oxygens (including phenoxy) is 1. The van der Waals surface area contributed by atoms with Gasteiger partial charge in [0.05, 0.1) is 6.61 Å². The summed E-state index contributed by atoms with van der Waals surface area (Å²) in [6.07, 6.45) is 0.707. The van der Waals surface area contributed by atoms with E-state index in [0.29, 0.717) is 11.7 Å². The number of aryl methyl sites for hydroxylation is 1. The van der Waals surface area contributed by atoms with Gasteiger partial charge in [-0.2, -0.15) is 4.98 Å². The van der Waals surface area contributed by atoms with Crippen molar-refractivity contribution in [1.82, 2.24) is 9.97 Å². The predicted molar refractivity (Wildman–Crippen MR) is 56.7 cm³/mol. The van der Waals surface area contributed by atoms with Crippen LogP contribution in [0.3, 0.4) is 0 Å². The first-order valence-electron chi connectivity index (χ1n) is 4.93. The van der Waals surface area contributed by atoms with Gasteiger partial charge in [-0.3, -0.25) is 0 Å². The summed E-state index contributed by atoms with van der Waals surface area (Å²) in [5, 5.41) is 17.5. The highest BCUT2D eigenvalue weighted by molar-refractivity contribution is 5.07. The summed E-state index contributed by atoms with van der Waals surface area (Å²) in [4.78, 5) is 7.84. The molecule has 0 radical (unpaired) electrons. The molecule has 2 N–H and O–H groups in total. The molecule has 86 valence electrons. The lowest BCUT2D eigenvalue weighted by atomic mass is 10.4. The topological polar surface area (TPSA) is 75.5 Å². The maximum atomic E-state index is 8.97. The Morgan fingerprint density at radius 2 is 2.13 bits per heavy atom. The lowest BCUT2D eigenvalue weighted by Crippen LogP contribution is -2.21. The first-order chi connectivity index (χ1) is 7.22. The van der Waals surface area contributed by atoms with Crippen molar-refractivity contribution >= 4 is 0 Å². The average molecular weight is 214 g/mol. The zero-order chi connectivity index (χ0) is 11.7. The average Bonchev–Trinajstić information content (AvgIpc) is 2.29. The molecule has 15 heavy (non-hydrogen) atoms. The normalized spacial score (nSPS) is 11.3. The Labute approximate surface area is 89.8 Å². The maximum absolute atomic E-state index is 8.97. The van der Waals surface area contributed by atoms with Crippen molar-refractivity contribution in [1.29, 1.82) is 0 Å². The van der Waals surface area contributed by atoms with Crippen LogP contribution < -0.4 is 4.74 Å². The first kappa shape index (κ1) is 13.8. The highest BCUT2D eigenvalue weighted by Gasteiger charge is 2.03. The van der Waals surface area contributed by atoms with E-state index in [2.05, 4.69) is 9.97 Å². The quantitative estimate of drug-likeness (QED) is 0.765. The predicted octanol–water partition coefficient (Wildman–Crippen LogP) is 0.543. The molecule has 1 unspecified atom stereocenters. The molecule has 0 aliphatic carbocycles. The van der Waals surface area contributed by atoms with Gasteiger partial charge in [-0.15, -0.1) is 0 Å². The second-order valence-electron chi connectivity index (χ2n) is 2.59. The summed E-state index contributed by atoms with van der Waals surface area (Å²) in [7, 11) is 0. The van der Waals surface area contributed by atoms with Gasteiger partial charge in [0.25, 0.3) is 0 Å². The Morgan fingerprint density at radius 3 is 2.67 bits per heavy atom. The number of aliphatic hydroxyl groups excluding tert-OH is 2. The molecule has 0 saturated heterocycles. The Kier molecular flexibility index (Phi) is 7.49. The summed E-state index contributed by atoms with van der Waals surface area (Å²) in [6.45, 7) is 5.46. The van der Waals surface area contributed by atoms with Crippen LogP contribution in [-0.2, 0) is 0 Å². The molecule has 1 aromatic rings. The van der Waals surface area contributed by atoms with Gasteiger partial charge in [0, 0.05) is 12.3 Å². The molecule has 0 aromatic carbocycles. The Bertz CT molecular complexity index is 269. The number of rotatable bonds is 4. The fraction of sp³-hybridized carbons (Fsp3) is 0.600. The Morgan fingerprint density at radius 1 is 1.47 bits per heavy atom. The minimum absolute atomic E-state index is 0.0347. The van der Waals surface area contributed by atoms with Gasteiger partial charge in [0.15, 0.2) is 0 Å². The van der Waals surface area contributed by atoms with E-state index in [0.717, 1.165) is 0 Å². The molecule has 5 heteroatoms. The molecule has 0 spiro atoms. The summed E-state index contributed by atoms with van der Waals surface area (Å²) >= 11 is 0. The van der Waals surface area contributed by atoms with E-state index in [4.69, 9.17) is 14.9 Å². The highest BCUT2D eigenvalue weighted by atomic mass is 16.5. The molecule has 0 saturated carbocycles. The molecular formula is C10H18N2O3. The first-order valence-corrected chi connectivity index (χ1v) is 4.93. The number of aromatic nitrogens is 2. The van der Waals surface area contributed by atoms with Crippen LogP contribution in [-0.4, -0.2) is 39.5 Å². The summed E-state index contributed by atoms with van der Waals surface area (Å²) < 4.78 is 5.08. The van der Waals surface area contributed by atoms with Gasteiger partial charge in [-0.05, 0) is 6.92 Å².